The van der Waals surface area contributed by atoms with Crippen LogP contribution in [0, 0.1) is 6.42 Å². The molecular formula is C12H15. The molecule has 0 aromatic heterocycles. The zero-order chi connectivity index (χ0) is 8.49. The van der Waals surface area contributed by atoms with Gasteiger partial charge in [0.2, 0.25) is 0 Å². The Balaban J connectivity index is 2.42. The molecule has 0 saturated heterocycles. The van der Waals surface area contributed by atoms with Gasteiger partial charge in [-0.05, 0) is 25.7 Å². The van der Waals surface area contributed by atoms with E-state index in [9.17, 15) is 0 Å². The standard InChI is InChI=1S/C12H15/c1-2-4-6-8-10-12-11-9-7-5-3-1/h1-4,7-9,11-12H,5-6,10H2/b3-1-,4-2+,9-7+,12-11-. The van der Waals surface area contributed by atoms with Gasteiger partial charge in [0.15, 0.2) is 0 Å². The van der Waals surface area contributed by atoms with Crippen molar-refractivity contribution < 1.29 is 0 Å². The Morgan fingerprint density at radius 1 is 0.500 bits per heavy atom. The molecule has 1 rings (SSSR count). The van der Waals surface area contributed by atoms with Crippen molar-refractivity contribution in [3.05, 3.63) is 55.0 Å². The third kappa shape index (κ3) is 4.73. The topological polar surface area (TPSA) is 0 Å². The summed E-state index contributed by atoms with van der Waals surface area (Å²) in [6, 6.07) is 0. The first-order valence-corrected chi connectivity index (χ1v) is 4.45. The Morgan fingerprint density at radius 3 is 1.42 bits per heavy atom. The summed E-state index contributed by atoms with van der Waals surface area (Å²) >= 11 is 0. The van der Waals surface area contributed by atoms with E-state index in [1.807, 2.05) is 0 Å². The molecule has 1 aliphatic rings. The fraction of sp³-hybridized carbons (Fsp3) is 0.250. The van der Waals surface area contributed by atoms with Crippen LogP contribution in [0.5, 0.6) is 0 Å². The first-order chi connectivity index (χ1) is 6.00. The van der Waals surface area contributed by atoms with Gasteiger partial charge >= 0.3 is 0 Å². The van der Waals surface area contributed by atoms with Crippen LogP contribution in [0.4, 0.5) is 0 Å². The molecule has 0 amide bonds. The van der Waals surface area contributed by atoms with Crippen LogP contribution in [-0.4, -0.2) is 0 Å². The number of allylic oxidation sites excluding steroid dienone is 8. The molecule has 0 aromatic rings. The molecule has 0 aliphatic heterocycles. The van der Waals surface area contributed by atoms with E-state index in [4.69, 9.17) is 0 Å². The molecule has 1 radical (unpaired) electrons. The fourth-order valence-electron chi connectivity index (χ4n) is 0.996. The summed E-state index contributed by atoms with van der Waals surface area (Å²) in [5.74, 6) is 0. The lowest BCUT2D eigenvalue weighted by molar-refractivity contribution is 1.10. The third-order valence-corrected chi connectivity index (χ3v) is 1.64. The van der Waals surface area contributed by atoms with Crippen LogP contribution in [0.2, 0.25) is 0 Å². The highest BCUT2D eigenvalue weighted by Crippen LogP contribution is 1.98. The first-order valence-electron chi connectivity index (χ1n) is 4.45. The van der Waals surface area contributed by atoms with Gasteiger partial charge in [0.1, 0.15) is 0 Å². The molecule has 0 fully saturated rings. The van der Waals surface area contributed by atoms with E-state index in [2.05, 4.69) is 55.0 Å². The maximum Gasteiger partial charge on any atom is -0.0163 e. The van der Waals surface area contributed by atoms with Crippen molar-refractivity contribution in [2.45, 2.75) is 19.3 Å². The van der Waals surface area contributed by atoms with Crippen LogP contribution >= 0.6 is 0 Å². The minimum Gasteiger partial charge on any atom is -0.0843 e. The van der Waals surface area contributed by atoms with E-state index < -0.39 is 0 Å². The predicted octanol–water partition coefficient (Wildman–Crippen LogP) is 3.60. The maximum atomic E-state index is 2.26. The van der Waals surface area contributed by atoms with E-state index >= 15 is 0 Å². The monoisotopic (exact) mass is 159 g/mol. The molecule has 0 N–H and O–H groups in total. The smallest absolute Gasteiger partial charge is 0.0163 e. The SMILES string of the molecule is [CH]1C/C=C\C=C\C/C=C\C=C\C1. The normalized spacial score (nSPS) is 29.3. The van der Waals surface area contributed by atoms with Crippen molar-refractivity contribution in [1.29, 1.82) is 0 Å². The third-order valence-electron chi connectivity index (χ3n) is 1.64. The lowest BCUT2D eigenvalue weighted by atomic mass is 10.2. The lowest BCUT2D eigenvalue weighted by Gasteiger charge is -1.89. The summed E-state index contributed by atoms with van der Waals surface area (Å²) < 4.78 is 0. The van der Waals surface area contributed by atoms with E-state index in [0.717, 1.165) is 19.3 Å². The van der Waals surface area contributed by atoms with Gasteiger partial charge in [-0.25, -0.2) is 0 Å². The minimum absolute atomic E-state index is 1.03. The summed E-state index contributed by atoms with van der Waals surface area (Å²) in [7, 11) is 0. The van der Waals surface area contributed by atoms with Crippen molar-refractivity contribution in [2.75, 3.05) is 0 Å². The Labute approximate surface area is 75.0 Å². The van der Waals surface area contributed by atoms with Gasteiger partial charge in [-0.2, -0.15) is 0 Å². The van der Waals surface area contributed by atoms with Crippen molar-refractivity contribution in [3.8, 4) is 0 Å². The summed E-state index contributed by atoms with van der Waals surface area (Å²) in [5.41, 5.74) is 0. The molecule has 0 unspecified atom stereocenters. The van der Waals surface area contributed by atoms with Crippen LogP contribution in [0.25, 0.3) is 0 Å². The molecule has 1 aliphatic carbocycles. The fourth-order valence-corrected chi connectivity index (χ4v) is 0.996. The second kappa shape index (κ2) is 6.66. The van der Waals surface area contributed by atoms with Crippen molar-refractivity contribution >= 4 is 0 Å². The molecule has 0 spiro atoms. The van der Waals surface area contributed by atoms with Crippen molar-refractivity contribution in [1.82, 2.24) is 0 Å². The van der Waals surface area contributed by atoms with Crippen molar-refractivity contribution in [3.63, 3.8) is 0 Å². The highest BCUT2D eigenvalue weighted by atomic mass is 13.9. The van der Waals surface area contributed by atoms with Gasteiger partial charge in [0, 0.05) is 0 Å². The quantitative estimate of drug-likeness (QED) is 0.506. The van der Waals surface area contributed by atoms with Crippen molar-refractivity contribution in [2.24, 2.45) is 0 Å². The summed E-state index contributed by atoms with van der Waals surface area (Å²) in [4.78, 5) is 0. The molecule has 0 bridgehead atoms. The summed E-state index contributed by atoms with van der Waals surface area (Å²) in [6.45, 7) is 0. The Morgan fingerprint density at radius 2 is 0.917 bits per heavy atom. The zero-order valence-electron chi connectivity index (χ0n) is 7.32. The molecule has 0 heterocycles. The van der Waals surface area contributed by atoms with Crippen LogP contribution < -0.4 is 0 Å². The van der Waals surface area contributed by atoms with Crippen LogP contribution in [0.15, 0.2) is 48.6 Å². The highest BCUT2D eigenvalue weighted by Gasteiger charge is 1.80. The Hall–Kier alpha value is -1.04. The Kier molecular flexibility index (Phi) is 5.02. The highest BCUT2D eigenvalue weighted by molar-refractivity contribution is 5.10. The largest absolute Gasteiger partial charge is 0.0843 e. The minimum atomic E-state index is 1.03. The molecule has 12 heavy (non-hydrogen) atoms. The van der Waals surface area contributed by atoms with Gasteiger partial charge in [-0.3, -0.25) is 0 Å². The van der Waals surface area contributed by atoms with Gasteiger partial charge in [-0.15, -0.1) is 0 Å². The maximum absolute atomic E-state index is 2.26. The molecule has 0 heteroatoms. The molecule has 0 atom stereocenters. The zero-order valence-corrected chi connectivity index (χ0v) is 7.32. The van der Waals surface area contributed by atoms with Gasteiger partial charge in [0.05, 0.1) is 0 Å². The van der Waals surface area contributed by atoms with E-state index in [1.165, 1.54) is 0 Å². The second-order valence-corrected chi connectivity index (χ2v) is 2.71. The van der Waals surface area contributed by atoms with Gasteiger partial charge in [0.25, 0.3) is 0 Å². The predicted molar refractivity (Wildman–Crippen MR) is 54.7 cm³/mol. The molecule has 63 valence electrons. The van der Waals surface area contributed by atoms with Crippen LogP contribution in [0.1, 0.15) is 19.3 Å². The van der Waals surface area contributed by atoms with E-state index in [-0.39, 0.29) is 0 Å². The molecule has 0 nitrogen and oxygen atoms in total. The van der Waals surface area contributed by atoms with Gasteiger partial charge < -0.3 is 0 Å². The van der Waals surface area contributed by atoms with E-state index in [0.29, 0.717) is 0 Å². The number of hydrogen-bond donors (Lipinski definition) is 0. The summed E-state index contributed by atoms with van der Waals surface area (Å²) in [5, 5.41) is 0. The average Bonchev–Trinajstić information content (AvgIpc) is 2.05. The van der Waals surface area contributed by atoms with Gasteiger partial charge in [-0.1, -0.05) is 48.6 Å². The summed E-state index contributed by atoms with van der Waals surface area (Å²) in [6.07, 6.45) is 22.5. The molecular weight excluding hydrogens is 144 g/mol. The lowest BCUT2D eigenvalue weighted by Crippen LogP contribution is -1.70. The van der Waals surface area contributed by atoms with Crippen LogP contribution in [0.3, 0.4) is 0 Å². The number of hydrogen-bond acceptors (Lipinski definition) is 0. The average molecular weight is 159 g/mol. The first kappa shape index (κ1) is 9.05. The van der Waals surface area contributed by atoms with Crippen LogP contribution in [-0.2, 0) is 0 Å². The van der Waals surface area contributed by atoms with E-state index in [1.54, 1.807) is 0 Å². The Bertz CT molecular complexity index is 182. The molecule has 0 aromatic carbocycles. The second-order valence-electron chi connectivity index (χ2n) is 2.71. The molecule has 0 saturated carbocycles. The number of rotatable bonds is 0.